The number of hydrogen-bond acceptors (Lipinski definition) is 6. The van der Waals surface area contributed by atoms with E-state index in [0.29, 0.717) is 26.2 Å². The summed E-state index contributed by atoms with van der Waals surface area (Å²) in [6.07, 6.45) is 1.31. The molecule has 0 atom stereocenters. The van der Waals surface area contributed by atoms with Gasteiger partial charge in [-0.2, -0.15) is 0 Å². The van der Waals surface area contributed by atoms with Crippen LogP contribution < -0.4 is 10.6 Å². The number of carbonyl (C=O) groups is 2. The van der Waals surface area contributed by atoms with Crippen LogP contribution in [0, 0.1) is 0 Å². The largest absolute Gasteiger partial charge is 0.476 e. The van der Waals surface area contributed by atoms with Gasteiger partial charge >= 0.3 is 5.97 Å². The fourth-order valence-electron chi connectivity index (χ4n) is 1.25. The highest BCUT2D eigenvalue weighted by atomic mass is 16.5. The van der Waals surface area contributed by atoms with Gasteiger partial charge in [-0.05, 0) is 0 Å². The van der Waals surface area contributed by atoms with Crippen LogP contribution in [0.2, 0.25) is 0 Å². The van der Waals surface area contributed by atoms with E-state index in [1.54, 1.807) is 7.11 Å². The number of carboxylic acid groups (broad SMARTS) is 1. The Morgan fingerprint density at radius 1 is 1.47 bits per heavy atom. The zero-order valence-corrected chi connectivity index (χ0v) is 10.6. The standard InChI is InChI=1S/C10H17N5O4/c1-19-5-3-11-6-9(16)12-2-4-15-7-8(10(17)18)13-14-15/h7,11H,2-6H2,1H3,(H,12,16)(H,17,18). The molecule has 0 bridgehead atoms. The Kier molecular flexibility index (Phi) is 6.47. The van der Waals surface area contributed by atoms with Gasteiger partial charge in [0.05, 0.1) is 25.9 Å². The Morgan fingerprint density at radius 3 is 2.89 bits per heavy atom. The molecule has 0 aliphatic heterocycles. The molecular weight excluding hydrogens is 254 g/mol. The second kappa shape index (κ2) is 8.16. The Morgan fingerprint density at radius 2 is 2.26 bits per heavy atom. The highest BCUT2D eigenvalue weighted by Crippen LogP contribution is 1.91. The number of ether oxygens (including phenoxy) is 1. The number of nitrogens with one attached hydrogen (secondary N) is 2. The lowest BCUT2D eigenvalue weighted by Gasteiger charge is -2.06. The van der Waals surface area contributed by atoms with E-state index in [9.17, 15) is 9.59 Å². The predicted molar refractivity (Wildman–Crippen MR) is 64.7 cm³/mol. The van der Waals surface area contributed by atoms with Gasteiger partial charge in [-0.3, -0.25) is 4.79 Å². The van der Waals surface area contributed by atoms with Crippen LogP contribution >= 0.6 is 0 Å². The van der Waals surface area contributed by atoms with Gasteiger partial charge in [-0.1, -0.05) is 5.21 Å². The summed E-state index contributed by atoms with van der Waals surface area (Å²) in [6.45, 7) is 2.08. The van der Waals surface area contributed by atoms with Crippen molar-refractivity contribution in [1.29, 1.82) is 0 Å². The highest BCUT2D eigenvalue weighted by Gasteiger charge is 2.07. The van der Waals surface area contributed by atoms with E-state index in [2.05, 4.69) is 20.9 Å². The molecule has 0 radical (unpaired) electrons. The molecule has 1 heterocycles. The van der Waals surface area contributed by atoms with E-state index in [1.807, 2.05) is 0 Å². The van der Waals surface area contributed by atoms with Crippen LogP contribution in [0.5, 0.6) is 0 Å². The third kappa shape index (κ3) is 5.93. The molecule has 9 heteroatoms. The van der Waals surface area contributed by atoms with Crippen molar-refractivity contribution in [2.75, 3.05) is 33.4 Å². The Labute approximate surface area is 109 Å². The van der Waals surface area contributed by atoms with Crippen molar-refractivity contribution in [1.82, 2.24) is 25.6 Å². The van der Waals surface area contributed by atoms with Crippen LogP contribution in [0.3, 0.4) is 0 Å². The number of aromatic nitrogens is 3. The molecule has 19 heavy (non-hydrogen) atoms. The molecule has 106 valence electrons. The minimum Gasteiger partial charge on any atom is -0.476 e. The monoisotopic (exact) mass is 271 g/mol. The number of amides is 1. The van der Waals surface area contributed by atoms with Gasteiger partial charge in [0.1, 0.15) is 0 Å². The molecule has 0 spiro atoms. The molecule has 1 aromatic rings. The summed E-state index contributed by atoms with van der Waals surface area (Å²) in [5, 5.41) is 21.3. The summed E-state index contributed by atoms with van der Waals surface area (Å²) in [6, 6.07) is 0. The Balaban J connectivity index is 2.15. The van der Waals surface area contributed by atoms with Gasteiger partial charge in [-0.25, -0.2) is 9.48 Å². The van der Waals surface area contributed by atoms with Crippen molar-refractivity contribution in [3.63, 3.8) is 0 Å². The van der Waals surface area contributed by atoms with Gasteiger partial charge in [0.2, 0.25) is 5.91 Å². The summed E-state index contributed by atoms with van der Waals surface area (Å²) in [5.41, 5.74) is -0.118. The van der Waals surface area contributed by atoms with Gasteiger partial charge < -0.3 is 20.5 Å². The fraction of sp³-hybridized carbons (Fsp3) is 0.600. The third-order valence-corrected chi connectivity index (χ3v) is 2.19. The predicted octanol–water partition coefficient (Wildman–Crippen LogP) is -1.67. The number of nitrogens with zero attached hydrogens (tertiary/aromatic N) is 3. The number of carbonyl (C=O) groups excluding carboxylic acids is 1. The zero-order valence-electron chi connectivity index (χ0n) is 10.6. The van der Waals surface area contributed by atoms with Crippen molar-refractivity contribution < 1.29 is 19.4 Å². The van der Waals surface area contributed by atoms with Gasteiger partial charge in [0.25, 0.3) is 0 Å². The zero-order chi connectivity index (χ0) is 14.1. The molecule has 0 saturated heterocycles. The molecule has 0 unspecified atom stereocenters. The topological polar surface area (TPSA) is 118 Å². The molecule has 0 fully saturated rings. The van der Waals surface area contributed by atoms with Crippen molar-refractivity contribution in [3.8, 4) is 0 Å². The van der Waals surface area contributed by atoms with Crippen LogP contribution in [0.1, 0.15) is 10.5 Å². The first-order chi connectivity index (χ1) is 9.13. The molecule has 1 aromatic heterocycles. The minimum atomic E-state index is -1.13. The van der Waals surface area contributed by atoms with Crippen LogP contribution in [0.4, 0.5) is 0 Å². The van der Waals surface area contributed by atoms with Crippen LogP contribution in [0.25, 0.3) is 0 Å². The first kappa shape index (κ1) is 15.1. The quantitative estimate of drug-likeness (QED) is 0.459. The summed E-state index contributed by atoms with van der Waals surface area (Å²) in [4.78, 5) is 21.9. The Hall–Kier alpha value is -2.00. The summed E-state index contributed by atoms with van der Waals surface area (Å²) in [5.74, 6) is -1.27. The molecule has 1 rings (SSSR count). The smallest absolute Gasteiger partial charge is 0.358 e. The van der Waals surface area contributed by atoms with E-state index in [-0.39, 0.29) is 18.1 Å². The summed E-state index contributed by atoms with van der Waals surface area (Å²) >= 11 is 0. The highest BCUT2D eigenvalue weighted by molar-refractivity contribution is 5.84. The number of carboxylic acids is 1. The maximum Gasteiger partial charge on any atom is 0.358 e. The number of rotatable bonds is 9. The van der Waals surface area contributed by atoms with E-state index in [0.717, 1.165) is 0 Å². The van der Waals surface area contributed by atoms with E-state index in [4.69, 9.17) is 9.84 Å². The lowest BCUT2D eigenvalue weighted by molar-refractivity contribution is -0.120. The van der Waals surface area contributed by atoms with Crippen LogP contribution in [-0.2, 0) is 16.1 Å². The van der Waals surface area contributed by atoms with E-state index < -0.39 is 5.97 Å². The molecule has 0 aliphatic rings. The molecular formula is C10H17N5O4. The van der Waals surface area contributed by atoms with Crippen LogP contribution in [-0.4, -0.2) is 65.3 Å². The Bertz CT molecular complexity index is 420. The molecule has 0 saturated carbocycles. The average Bonchev–Trinajstić information content (AvgIpc) is 2.84. The van der Waals surface area contributed by atoms with E-state index >= 15 is 0 Å². The first-order valence-electron chi connectivity index (χ1n) is 5.73. The first-order valence-corrected chi connectivity index (χ1v) is 5.73. The maximum absolute atomic E-state index is 11.4. The second-order valence-electron chi connectivity index (χ2n) is 3.69. The van der Waals surface area contributed by atoms with Gasteiger partial charge in [0.15, 0.2) is 5.69 Å². The minimum absolute atomic E-state index is 0.118. The van der Waals surface area contributed by atoms with Gasteiger partial charge in [-0.15, -0.1) is 5.10 Å². The summed E-state index contributed by atoms with van der Waals surface area (Å²) < 4.78 is 6.19. The average molecular weight is 271 g/mol. The maximum atomic E-state index is 11.4. The van der Waals surface area contributed by atoms with Crippen LogP contribution in [0.15, 0.2) is 6.20 Å². The van der Waals surface area contributed by atoms with Crippen molar-refractivity contribution in [2.45, 2.75) is 6.54 Å². The molecule has 1 amide bonds. The number of methoxy groups -OCH3 is 1. The van der Waals surface area contributed by atoms with E-state index in [1.165, 1.54) is 10.9 Å². The number of aromatic carboxylic acids is 1. The third-order valence-electron chi connectivity index (χ3n) is 2.19. The molecule has 0 aromatic carbocycles. The lowest BCUT2D eigenvalue weighted by Crippen LogP contribution is -2.36. The molecule has 3 N–H and O–H groups in total. The second-order valence-corrected chi connectivity index (χ2v) is 3.69. The lowest BCUT2D eigenvalue weighted by atomic mass is 10.5. The SMILES string of the molecule is COCCNCC(=O)NCCn1cc(C(=O)O)nn1. The number of hydrogen-bond donors (Lipinski definition) is 3. The van der Waals surface area contributed by atoms with Crippen molar-refractivity contribution in [3.05, 3.63) is 11.9 Å². The molecule has 0 aliphatic carbocycles. The van der Waals surface area contributed by atoms with Gasteiger partial charge in [0, 0.05) is 20.2 Å². The fourth-order valence-corrected chi connectivity index (χ4v) is 1.25. The molecule has 9 nitrogen and oxygen atoms in total. The van der Waals surface area contributed by atoms with Crippen molar-refractivity contribution in [2.24, 2.45) is 0 Å². The summed E-state index contributed by atoms with van der Waals surface area (Å²) in [7, 11) is 1.59. The van der Waals surface area contributed by atoms with Crippen molar-refractivity contribution >= 4 is 11.9 Å². The normalized spacial score (nSPS) is 10.4.